The Morgan fingerprint density at radius 2 is 1.92 bits per heavy atom. The van der Waals surface area contributed by atoms with E-state index in [-0.39, 0.29) is 17.9 Å². The molecule has 0 radical (unpaired) electrons. The number of aliphatic hydroxyl groups excluding tert-OH is 1. The summed E-state index contributed by atoms with van der Waals surface area (Å²) in [6, 6.07) is 0. The molecule has 1 nitrogen and oxygen atoms in total. The van der Waals surface area contributed by atoms with Crippen LogP contribution in [0.3, 0.4) is 0 Å². The first-order valence-corrected chi connectivity index (χ1v) is 5.74. The average molecular weight is 206 g/mol. The van der Waals surface area contributed by atoms with E-state index in [0.717, 1.165) is 9.95 Å². The second-order valence-electron chi connectivity index (χ2n) is 3.28. The highest BCUT2D eigenvalue weighted by Gasteiger charge is 2.21. The van der Waals surface area contributed by atoms with E-state index in [9.17, 15) is 5.11 Å². The van der Waals surface area contributed by atoms with E-state index in [2.05, 4.69) is 6.92 Å². The molecule has 12 heavy (non-hydrogen) atoms. The molecule has 0 bridgehead atoms. The SMILES string of the molecule is CCSC(=S)C(C)C(O)C(C)C. The first-order valence-electron chi connectivity index (χ1n) is 4.35. The minimum atomic E-state index is -0.295. The van der Waals surface area contributed by atoms with E-state index in [1.807, 2.05) is 20.8 Å². The molecule has 0 aliphatic rings. The first kappa shape index (κ1) is 12.4. The van der Waals surface area contributed by atoms with Crippen molar-refractivity contribution >= 4 is 28.2 Å². The van der Waals surface area contributed by atoms with Crippen LogP contribution in [0, 0.1) is 11.8 Å². The fourth-order valence-corrected chi connectivity index (χ4v) is 2.17. The van der Waals surface area contributed by atoms with Crippen molar-refractivity contribution in [3.8, 4) is 0 Å². The maximum Gasteiger partial charge on any atom is 0.0642 e. The summed E-state index contributed by atoms with van der Waals surface area (Å²) in [5, 5.41) is 9.69. The molecule has 0 aromatic rings. The highest BCUT2D eigenvalue weighted by Crippen LogP contribution is 2.20. The van der Waals surface area contributed by atoms with Crippen molar-refractivity contribution in [2.45, 2.75) is 33.8 Å². The molecular formula is C9H18OS2. The van der Waals surface area contributed by atoms with Gasteiger partial charge in [-0.3, -0.25) is 0 Å². The van der Waals surface area contributed by atoms with Crippen LogP contribution in [0.5, 0.6) is 0 Å². The lowest BCUT2D eigenvalue weighted by molar-refractivity contribution is 0.0998. The molecule has 2 atom stereocenters. The van der Waals surface area contributed by atoms with Crippen molar-refractivity contribution < 1.29 is 5.11 Å². The first-order chi connectivity index (χ1) is 5.50. The molecule has 0 aliphatic heterocycles. The van der Waals surface area contributed by atoms with Crippen molar-refractivity contribution in [1.29, 1.82) is 0 Å². The third-order valence-corrected chi connectivity index (χ3v) is 3.52. The average Bonchev–Trinajstić information content (AvgIpc) is 2.02. The predicted molar refractivity (Wildman–Crippen MR) is 60.7 cm³/mol. The minimum absolute atomic E-state index is 0.130. The van der Waals surface area contributed by atoms with Gasteiger partial charge in [-0.25, -0.2) is 0 Å². The maximum absolute atomic E-state index is 9.69. The molecule has 0 rings (SSSR count). The van der Waals surface area contributed by atoms with Gasteiger partial charge in [0.1, 0.15) is 0 Å². The fraction of sp³-hybridized carbons (Fsp3) is 0.889. The van der Waals surface area contributed by atoms with Crippen LogP contribution in [0.1, 0.15) is 27.7 Å². The Morgan fingerprint density at radius 3 is 2.25 bits per heavy atom. The molecule has 72 valence electrons. The Bertz CT molecular complexity index is 145. The summed E-state index contributed by atoms with van der Waals surface area (Å²) in [6.07, 6.45) is -0.295. The zero-order chi connectivity index (χ0) is 9.72. The molecule has 3 heteroatoms. The van der Waals surface area contributed by atoms with Gasteiger partial charge in [0.05, 0.1) is 10.3 Å². The molecule has 0 aromatic heterocycles. The smallest absolute Gasteiger partial charge is 0.0642 e. The van der Waals surface area contributed by atoms with Gasteiger partial charge in [0.15, 0.2) is 0 Å². The van der Waals surface area contributed by atoms with Crippen LogP contribution in [0.2, 0.25) is 0 Å². The summed E-state index contributed by atoms with van der Waals surface area (Å²) in [6.45, 7) is 8.10. The second-order valence-corrected chi connectivity index (χ2v) is 5.28. The molecule has 0 aliphatic carbocycles. The van der Waals surface area contributed by atoms with Crippen molar-refractivity contribution in [1.82, 2.24) is 0 Å². The van der Waals surface area contributed by atoms with E-state index in [1.54, 1.807) is 11.8 Å². The summed E-state index contributed by atoms with van der Waals surface area (Å²) >= 11 is 6.83. The Morgan fingerprint density at radius 1 is 1.42 bits per heavy atom. The van der Waals surface area contributed by atoms with Gasteiger partial charge in [0, 0.05) is 5.92 Å². The number of hydrogen-bond donors (Lipinski definition) is 1. The summed E-state index contributed by atoms with van der Waals surface area (Å²) in [5.74, 6) is 1.41. The molecular weight excluding hydrogens is 188 g/mol. The monoisotopic (exact) mass is 206 g/mol. The van der Waals surface area contributed by atoms with Crippen LogP contribution in [0.4, 0.5) is 0 Å². The van der Waals surface area contributed by atoms with Gasteiger partial charge >= 0.3 is 0 Å². The van der Waals surface area contributed by atoms with E-state index in [4.69, 9.17) is 12.2 Å². The summed E-state index contributed by atoms with van der Waals surface area (Å²) in [5.41, 5.74) is 0. The molecule has 2 unspecified atom stereocenters. The maximum atomic E-state index is 9.69. The third-order valence-electron chi connectivity index (χ3n) is 1.85. The van der Waals surface area contributed by atoms with Gasteiger partial charge < -0.3 is 5.11 Å². The highest BCUT2D eigenvalue weighted by molar-refractivity contribution is 8.23. The van der Waals surface area contributed by atoms with Crippen molar-refractivity contribution in [3.63, 3.8) is 0 Å². The van der Waals surface area contributed by atoms with E-state index in [1.165, 1.54) is 0 Å². The van der Waals surface area contributed by atoms with Gasteiger partial charge in [-0.15, -0.1) is 11.8 Å². The Balaban J connectivity index is 4.00. The predicted octanol–water partition coefficient (Wildman–Crippen LogP) is 2.72. The standard InChI is InChI=1S/C9H18OS2/c1-5-12-9(11)7(4)8(10)6(2)3/h6-8,10H,5H2,1-4H3. The third kappa shape index (κ3) is 3.87. The van der Waals surface area contributed by atoms with Crippen molar-refractivity contribution in [3.05, 3.63) is 0 Å². The summed E-state index contributed by atoms with van der Waals surface area (Å²) < 4.78 is 0.929. The highest BCUT2D eigenvalue weighted by atomic mass is 32.2. The van der Waals surface area contributed by atoms with Crippen LogP contribution in [0.25, 0.3) is 0 Å². The molecule has 0 aromatic carbocycles. The molecule has 0 fully saturated rings. The van der Waals surface area contributed by atoms with E-state index < -0.39 is 0 Å². The molecule has 0 saturated heterocycles. The van der Waals surface area contributed by atoms with Crippen LogP contribution in [-0.4, -0.2) is 21.2 Å². The number of thioether (sulfide) groups is 1. The van der Waals surface area contributed by atoms with Gasteiger partial charge in [-0.1, -0.05) is 39.9 Å². The lowest BCUT2D eigenvalue weighted by Crippen LogP contribution is -2.27. The largest absolute Gasteiger partial charge is 0.392 e. The van der Waals surface area contributed by atoms with Gasteiger partial charge in [0.25, 0.3) is 0 Å². The molecule has 0 heterocycles. The van der Waals surface area contributed by atoms with Gasteiger partial charge in [-0.05, 0) is 11.7 Å². The number of thiocarbonyl (C=S) groups is 1. The zero-order valence-corrected chi connectivity index (χ0v) is 9.84. The quantitative estimate of drug-likeness (QED) is 0.714. The van der Waals surface area contributed by atoms with Gasteiger partial charge in [-0.2, -0.15) is 0 Å². The molecule has 0 saturated carbocycles. The van der Waals surface area contributed by atoms with Gasteiger partial charge in [0.2, 0.25) is 0 Å². The topological polar surface area (TPSA) is 20.2 Å². The summed E-state index contributed by atoms with van der Waals surface area (Å²) in [4.78, 5) is 0. The lowest BCUT2D eigenvalue weighted by Gasteiger charge is -2.22. The van der Waals surface area contributed by atoms with Crippen LogP contribution < -0.4 is 0 Å². The Hall–Kier alpha value is 0.400. The van der Waals surface area contributed by atoms with E-state index in [0.29, 0.717) is 0 Å². The molecule has 1 N–H and O–H groups in total. The minimum Gasteiger partial charge on any atom is -0.392 e. The van der Waals surface area contributed by atoms with E-state index >= 15 is 0 Å². The number of rotatable bonds is 4. The fourth-order valence-electron chi connectivity index (χ4n) is 0.990. The number of aliphatic hydroxyl groups is 1. The van der Waals surface area contributed by atoms with Crippen LogP contribution in [0.15, 0.2) is 0 Å². The van der Waals surface area contributed by atoms with Crippen LogP contribution in [-0.2, 0) is 0 Å². The summed E-state index contributed by atoms with van der Waals surface area (Å²) in [7, 11) is 0. The zero-order valence-electron chi connectivity index (χ0n) is 8.20. The number of hydrogen-bond acceptors (Lipinski definition) is 3. The molecule has 0 amide bonds. The van der Waals surface area contributed by atoms with Crippen LogP contribution >= 0.6 is 24.0 Å². The Labute approximate surface area is 84.9 Å². The molecule has 0 spiro atoms. The van der Waals surface area contributed by atoms with Crippen molar-refractivity contribution in [2.24, 2.45) is 11.8 Å². The Kier molecular flexibility index (Phi) is 6.14. The van der Waals surface area contributed by atoms with Crippen molar-refractivity contribution in [2.75, 3.05) is 5.75 Å². The normalized spacial score (nSPS) is 16.2. The lowest BCUT2D eigenvalue weighted by atomic mass is 9.96. The second kappa shape index (κ2) is 5.95.